The number of hydrogen-bond donors (Lipinski definition) is 2. The molecule has 0 aliphatic heterocycles. The molecule has 0 fully saturated rings. The third kappa shape index (κ3) is 5.34. The van der Waals surface area contributed by atoms with Crippen molar-refractivity contribution in [3.63, 3.8) is 0 Å². The zero-order valence-electron chi connectivity index (χ0n) is 15.3. The van der Waals surface area contributed by atoms with E-state index in [-0.39, 0.29) is 22.4 Å². The number of methoxy groups -OCH3 is 1. The zero-order chi connectivity index (χ0) is 21.0. The lowest BCUT2D eigenvalue weighted by Gasteiger charge is -2.14. The fraction of sp³-hybridized carbons (Fsp3) is 0.143. The van der Waals surface area contributed by atoms with Crippen LogP contribution in [0.2, 0.25) is 20.1 Å². The Hall–Kier alpha value is -1.98. The number of phenols is 1. The predicted molar refractivity (Wildman–Crippen MR) is 119 cm³/mol. The van der Waals surface area contributed by atoms with Crippen LogP contribution in [0.15, 0.2) is 48.5 Å². The molecule has 0 bridgehead atoms. The second-order valence-electron chi connectivity index (χ2n) is 6.12. The molecule has 0 spiro atoms. The largest absolute Gasteiger partial charge is 0.505 e. The topological polar surface area (TPSA) is 50.7 Å². The molecule has 0 radical (unpaired) electrons. The van der Waals surface area contributed by atoms with Crippen LogP contribution >= 0.6 is 46.4 Å². The number of benzene rings is 3. The molecular formula is C21H17Cl4NO3. The van der Waals surface area contributed by atoms with E-state index in [0.29, 0.717) is 39.3 Å². The molecule has 0 aromatic heterocycles. The number of rotatable bonds is 7. The van der Waals surface area contributed by atoms with Crippen LogP contribution in [0.25, 0.3) is 0 Å². The summed E-state index contributed by atoms with van der Waals surface area (Å²) in [6.07, 6.45) is 0. The van der Waals surface area contributed by atoms with Crippen molar-refractivity contribution < 1.29 is 14.6 Å². The second kappa shape index (κ2) is 9.68. The molecule has 0 saturated carbocycles. The van der Waals surface area contributed by atoms with Gasteiger partial charge in [0.2, 0.25) is 0 Å². The van der Waals surface area contributed by atoms with Crippen LogP contribution in [0.3, 0.4) is 0 Å². The Bertz CT molecular complexity index is 984. The monoisotopic (exact) mass is 471 g/mol. The minimum atomic E-state index is -0.138. The summed E-state index contributed by atoms with van der Waals surface area (Å²) in [7, 11) is 1.57. The first kappa shape index (κ1) is 21.7. The first-order valence-corrected chi connectivity index (χ1v) is 10.0. The molecule has 0 unspecified atom stereocenters. The molecule has 0 aliphatic rings. The van der Waals surface area contributed by atoms with Crippen molar-refractivity contribution in [2.24, 2.45) is 0 Å². The van der Waals surface area contributed by atoms with Gasteiger partial charge in [-0.2, -0.15) is 0 Å². The molecule has 0 aliphatic carbocycles. The number of phenolic OH excluding ortho intramolecular Hbond substituents is 1. The molecule has 4 nitrogen and oxygen atoms in total. The average Bonchev–Trinajstić information content (AvgIpc) is 2.70. The lowest BCUT2D eigenvalue weighted by molar-refractivity contribution is 0.284. The van der Waals surface area contributed by atoms with Gasteiger partial charge in [-0.1, -0.05) is 58.5 Å². The van der Waals surface area contributed by atoms with E-state index in [2.05, 4.69) is 5.32 Å². The van der Waals surface area contributed by atoms with Gasteiger partial charge >= 0.3 is 0 Å². The molecule has 0 heterocycles. The van der Waals surface area contributed by atoms with E-state index in [1.54, 1.807) is 37.4 Å². The van der Waals surface area contributed by atoms with Crippen molar-refractivity contribution in [1.29, 1.82) is 0 Å². The van der Waals surface area contributed by atoms with Gasteiger partial charge in [-0.15, -0.1) is 0 Å². The van der Waals surface area contributed by atoms with Crippen LogP contribution in [0.5, 0.6) is 17.2 Å². The quantitative estimate of drug-likeness (QED) is 0.357. The normalized spacial score (nSPS) is 10.7. The Morgan fingerprint density at radius 3 is 2.14 bits per heavy atom. The smallest absolute Gasteiger partial charge is 0.161 e. The van der Waals surface area contributed by atoms with E-state index in [1.807, 2.05) is 18.2 Å². The lowest BCUT2D eigenvalue weighted by Crippen LogP contribution is -2.02. The highest BCUT2D eigenvalue weighted by atomic mass is 35.5. The minimum Gasteiger partial charge on any atom is -0.505 e. The van der Waals surface area contributed by atoms with Gasteiger partial charge in [0.25, 0.3) is 0 Å². The van der Waals surface area contributed by atoms with Crippen molar-refractivity contribution in [3.8, 4) is 17.2 Å². The molecule has 152 valence electrons. The molecule has 3 aromatic carbocycles. The minimum absolute atomic E-state index is 0.138. The van der Waals surface area contributed by atoms with Crippen LogP contribution in [0.4, 0.5) is 5.69 Å². The summed E-state index contributed by atoms with van der Waals surface area (Å²) < 4.78 is 11.3. The van der Waals surface area contributed by atoms with Crippen molar-refractivity contribution in [1.82, 2.24) is 0 Å². The highest BCUT2D eigenvalue weighted by Gasteiger charge is 2.11. The van der Waals surface area contributed by atoms with Gasteiger partial charge in [0.05, 0.1) is 17.2 Å². The average molecular weight is 473 g/mol. The molecular weight excluding hydrogens is 456 g/mol. The van der Waals surface area contributed by atoms with E-state index in [0.717, 1.165) is 5.56 Å². The summed E-state index contributed by atoms with van der Waals surface area (Å²) in [6, 6.07) is 14.1. The van der Waals surface area contributed by atoms with Crippen molar-refractivity contribution >= 4 is 52.1 Å². The number of aromatic hydroxyl groups is 1. The van der Waals surface area contributed by atoms with Crippen molar-refractivity contribution in [3.05, 3.63) is 79.7 Å². The van der Waals surface area contributed by atoms with E-state index < -0.39 is 0 Å². The molecule has 0 atom stereocenters. The van der Waals surface area contributed by atoms with Crippen LogP contribution in [0.1, 0.15) is 11.1 Å². The molecule has 0 saturated heterocycles. The number of halogens is 4. The van der Waals surface area contributed by atoms with Crippen LogP contribution in [0, 0.1) is 0 Å². The Morgan fingerprint density at radius 2 is 1.52 bits per heavy atom. The first-order chi connectivity index (χ1) is 13.9. The number of anilines is 1. The van der Waals surface area contributed by atoms with E-state index in [4.69, 9.17) is 55.9 Å². The Labute approximate surface area is 188 Å². The summed E-state index contributed by atoms with van der Waals surface area (Å²) in [4.78, 5) is 0. The van der Waals surface area contributed by atoms with E-state index in [9.17, 15) is 5.11 Å². The van der Waals surface area contributed by atoms with Gasteiger partial charge in [0, 0.05) is 27.8 Å². The summed E-state index contributed by atoms with van der Waals surface area (Å²) in [5.74, 6) is 1.01. The van der Waals surface area contributed by atoms with Crippen molar-refractivity contribution in [2.45, 2.75) is 13.2 Å². The third-order valence-corrected chi connectivity index (χ3v) is 5.46. The summed E-state index contributed by atoms with van der Waals surface area (Å²) in [6.45, 7) is 0.710. The predicted octanol–water partition coefficient (Wildman–Crippen LogP) is 7.21. The summed E-state index contributed by atoms with van der Waals surface area (Å²) in [5, 5.41) is 14.3. The van der Waals surface area contributed by atoms with E-state index >= 15 is 0 Å². The number of nitrogens with one attached hydrogen (secondary N) is 1. The fourth-order valence-corrected chi connectivity index (χ4v) is 3.63. The van der Waals surface area contributed by atoms with E-state index in [1.165, 1.54) is 0 Å². The molecule has 8 heteroatoms. The van der Waals surface area contributed by atoms with Gasteiger partial charge in [0.1, 0.15) is 6.61 Å². The molecule has 0 amide bonds. The van der Waals surface area contributed by atoms with Crippen LogP contribution < -0.4 is 14.8 Å². The van der Waals surface area contributed by atoms with Gasteiger partial charge in [-0.3, -0.25) is 0 Å². The van der Waals surface area contributed by atoms with Gasteiger partial charge in [0.15, 0.2) is 17.2 Å². The number of hydrogen-bond acceptors (Lipinski definition) is 4. The third-order valence-electron chi connectivity index (χ3n) is 4.18. The summed E-state index contributed by atoms with van der Waals surface area (Å²) in [5.41, 5.74) is 2.35. The molecule has 3 aromatic rings. The first-order valence-electron chi connectivity index (χ1n) is 8.53. The molecule has 2 N–H and O–H groups in total. The number of ether oxygens (including phenoxy) is 2. The van der Waals surface area contributed by atoms with Crippen LogP contribution in [-0.2, 0) is 13.2 Å². The maximum Gasteiger partial charge on any atom is 0.161 e. The van der Waals surface area contributed by atoms with Gasteiger partial charge in [-0.05, 0) is 42.0 Å². The van der Waals surface area contributed by atoms with Gasteiger partial charge in [-0.25, -0.2) is 0 Å². The van der Waals surface area contributed by atoms with Crippen LogP contribution in [-0.4, -0.2) is 12.2 Å². The fourth-order valence-electron chi connectivity index (χ4n) is 2.63. The molecule has 3 rings (SSSR count). The van der Waals surface area contributed by atoms with Gasteiger partial charge < -0.3 is 19.9 Å². The maximum atomic E-state index is 9.64. The Balaban J connectivity index is 1.70. The SMILES string of the molecule is COc1cc(CNc2cc(Cl)c(O)c(Cl)c2)ccc1OCc1c(Cl)cccc1Cl. The van der Waals surface area contributed by atoms with Crippen molar-refractivity contribution in [2.75, 3.05) is 12.4 Å². The standard InChI is InChI=1S/C21H17Cl4NO3/c1-28-20-7-12(10-26-13-8-17(24)21(27)18(25)9-13)5-6-19(20)29-11-14-15(22)3-2-4-16(14)23/h2-9,26-27H,10-11H2,1H3. The Kier molecular flexibility index (Phi) is 7.25. The zero-order valence-corrected chi connectivity index (χ0v) is 18.3. The highest BCUT2D eigenvalue weighted by molar-refractivity contribution is 6.37. The second-order valence-corrected chi connectivity index (χ2v) is 7.74. The lowest BCUT2D eigenvalue weighted by atomic mass is 10.2. The highest BCUT2D eigenvalue weighted by Crippen LogP contribution is 2.35. The summed E-state index contributed by atoms with van der Waals surface area (Å²) >= 11 is 24.3. The maximum absolute atomic E-state index is 9.64. The molecule has 29 heavy (non-hydrogen) atoms. The Morgan fingerprint density at radius 1 is 0.862 bits per heavy atom.